The number of carbonyl (C=O) groups is 1. The van der Waals surface area contributed by atoms with Crippen LogP contribution in [0.3, 0.4) is 0 Å². The molecule has 0 spiro atoms. The van der Waals surface area contributed by atoms with E-state index in [0.29, 0.717) is 18.4 Å². The molecule has 0 aliphatic carbocycles. The number of aromatic nitrogens is 2. The normalized spacial score (nSPS) is 20.5. The van der Waals surface area contributed by atoms with E-state index in [4.69, 9.17) is 4.74 Å². The molecule has 0 saturated carbocycles. The van der Waals surface area contributed by atoms with Crippen LogP contribution in [0.1, 0.15) is 37.7 Å². The van der Waals surface area contributed by atoms with Crippen molar-refractivity contribution in [3.63, 3.8) is 0 Å². The molecule has 0 unspecified atom stereocenters. The van der Waals surface area contributed by atoms with Gasteiger partial charge in [-0.15, -0.1) is 0 Å². The topological polar surface area (TPSA) is 67.4 Å². The van der Waals surface area contributed by atoms with Gasteiger partial charge in [-0.25, -0.2) is 9.97 Å². The van der Waals surface area contributed by atoms with Crippen molar-refractivity contribution in [2.45, 2.75) is 45.1 Å². The molecule has 0 bridgehead atoms. The average Bonchev–Trinajstić information content (AvgIpc) is 2.57. The SMILES string of the molecule is Cc1cnc(N2CCC(CC(=O)NC3CCOCC3)CC2)nc1. The number of nitrogens with one attached hydrogen (secondary N) is 1. The number of carbonyl (C=O) groups excluding carboxylic acids is 1. The molecule has 3 heterocycles. The summed E-state index contributed by atoms with van der Waals surface area (Å²) in [6.07, 6.45) is 8.28. The highest BCUT2D eigenvalue weighted by molar-refractivity contribution is 5.76. The van der Waals surface area contributed by atoms with Crippen molar-refractivity contribution in [3.05, 3.63) is 18.0 Å². The molecule has 2 aliphatic heterocycles. The number of amides is 1. The maximum absolute atomic E-state index is 12.2. The molecule has 6 nitrogen and oxygen atoms in total. The number of aryl methyl sites for hydroxylation is 1. The van der Waals surface area contributed by atoms with Crippen LogP contribution in [-0.2, 0) is 9.53 Å². The Kier molecular flexibility index (Phi) is 5.43. The lowest BCUT2D eigenvalue weighted by Crippen LogP contribution is -2.41. The summed E-state index contributed by atoms with van der Waals surface area (Å²) in [6, 6.07) is 0.303. The van der Waals surface area contributed by atoms with Crippen molar-refractivity contribution >= 4 is 11.9 Å². The molecule has 0 aromatic carbocycles. The zero-order valence-corrected chi connectivity index (χ0v) is 13.8. The van der Waals surface area contributed by atoms with Gasteiger partial charge in [0.05, 0.1) is 0 Å². The molecule has 126 valence electrons. The van der Waals surface area contributed by atoms with Gasteiger partial charge in [-0.1, -0.05) is 0 Å². The van der Waals surface area contributed by atoms with Crippen molar-refractivity contribution < 1.29 is 9.53 Å². The minimum absolute atomic E-state index is 0.196. The van der Waals surface area contributed by atoms with Crippen LogP contribution in [0.25, 0.3) is 0 Å². The van der Waals surface area contributed by atoms with Crippen molar-refractivity contribution in [2.75, 3.05) is 31.2 Å². The number of nitrogens with zero attached hydrogens (tertiary/aromatic N) is 3. The second kappa shape index (κ2) is 7.73. The molecule has 2 saturated heterocycles. The van der Waals surface area contributed by atoms with Crippen molar-refractivity contribution in [1.82, 2.24) is 15.3 Å². The summed E-state index contributed by atoms with van der Waals surface area (Å²) in [5.41, 5.74) is 1.08. The first kappa shape index (κ1) is 16.2. The first-order chi connectivity index (χ1) is 11.2. The van der Waals surface area contributed by atoms with Crippen LogP contribution in [0.15, 0.2) is 12.4 Å². The van der Waals surface area contributed by atoms with E-state index in [9.17, 15) is 4.79 Å². The zero-order chi connectivity index (χ0) is 16.1. The molecule has 0 atom stereocenters. The largest absolute Gasteiger partial charge is 0.381 e. The fraction of sp³-hybridized carbons (Fsp3) is 0.706. The summed E-state index contributed by atoms with van der Waals surface area (Å²) in [6.45, 7) is 5.38. The third kappa shape index (κ3) is 4.64. The van der Waals surface area contributed by atoms with Crippen molar-refractivity contribution in [1.29, 1.82) is 0 Å². The Hall–Kier alpha value is -1.69. The summed E-state index contributed by atoms with van der Waals surface area (Å²) >= 11 is 0. The van der Waals surface area contributed by atoms with E-state index in [-0.39, 0.29) is 5.91 Å². The quantitative estimate of drug-likeness (QED) is 0.915. The average molecular weight is 318 g/mol. The van der Waals surface area contributed by atoms with Crippen LogP contribution < -0.4 is 10.2 Å². The van der Waals surface area contributed by atoms with E-state index in [1.807, 2.05) is 19.3 Å². The van der Waals surface area contributed by atoms with E-state index >= 15 is 0 Å². The Morgan fingerprint density at radius 2 is 1.87 bits per heavy atom. The Morgan fingerprint density at radius 3 is 2.52 bits per heavy atom. The molecular weight excluding hydrogens is 292 g/mol. The van der Waals surface area contributed by atoms with Gasteiger partial charge < -0.3 is 15.0 Å². The maximum atomic E-state index is 12.2. The molecule has 0 radical (unpaired) electrons. The summed E-state index contributed by atoms with van der Waals surface area (Å²) in [5, 5.41) is 3.16. The number of rotatable bonds is 4. The minimum Gasteiger partial charge on any atom is -0.381 e. The van der Waals surface area contributed by atoms with E-state index in [1.165, 1.54) is 0 Å². The summed E-state index contributed by atoms with van der Waals surface area (Å²) in [5.74, 6) is 1.47. The third-order valence-corrected chi connectivity index (χ3v) is 4.73. The molecule has 1 N–H and O–H groups in total. The van der Waals surface area contributed by atoms with Crippen LogP contribution in [0.4, 0.5) is 5.95 Å². The Morgan fingerprint density at radius 1 is 1.22 bits per heavy atom. The Bertz CT molecular complexity index is 506. The van der Waals surface area contributed by atoms with Crippen LogP contribution in [0.5, 0.6) is 0 Å². The van der Waals surface area contributed by atoms with Gasteiger partial charge in [0.2, 0.25) is 11.9 Å². The molecule has 2 aliphatic rings. The standard InChI is InChI=1S/C17H26N4O2/c1-13-11-18-17(19-12-13)21-6-2-14(3-7-21)10-16(22)20-15-4-8-23-9-5-15/h11-12,14-15H,2-10H2,1H3,(H,20,22). The van der Waals surface area contributed by atoms with Gasteiger partial charge in [0.25, 0.3) is 0 Å². The summed E-state index contributed by atoms with van der Waals surface area (Å²) in [4.78, 5) is 23.2. The van der Waals surface area contributed by atoms with Crippen LogP contribution >= 0.6 is 0 Å². The highest BCUT2D eigenvalue weighted by Crippen LogP contribution is 2.23. The van der Waals surface area contributed by atoms with E-state index in [2.05, 4.69) is 20.2 Å². The van der Waals surface area contributed by atoms with Crippen LogP contribution in [0.2, 0.25) is 0 Å². The second-order valence-electron chi connectivity index (χ2n) is 6.65. The molecule has 3 rings (SSSR count). The van der Waals surface area contributed by atoms with Gasteiger partial charge in [0.15, 0.2) is 0 Å². The number of piperidine rings is 1. The minimum atomic E-state index is 0.196. The highest BCUT2D eigenvalue weighted by Gasteiger charge is 2.24. The predicted octanol–water partition coefficient (Wildman–Crippen LogP) is 1.69. The van der Waals surface area contributed by atoms with Crippen molar-refractivity contribution in [2.24, 2.45) is 5.92 Å². The zero-order valence-electron chi connectivity index (χ0n) is 13.8. The van der Waals surface area contributed by atoms with Crippen LogP contribution in [-0.4, -0.2) is 48.2 Å². The number of hydrogen-bond donors (Lipinski definition) is 1. The Labute approximate surface area is 137 Å². The van der Waals surface area contributed by atoms with Gasteiger partial charge in [-0.2, -0.15) is 0 Å². The molecule has 1 amide bonds. The van der Waals surface area contributed by atoms with Gasteiger partial charge in [0.1, 0.15) is 0 Å². The molecule has 2 fully saturated rings. The first-order valence-electron chi connectivity index (χ1n) is 8.61. The van der Waals surface area contributed by atoms with Gasteiger partial charge in [0, 0.05) is 51.2 Å². The third-order valence-electron chi connectivity index (χ3n) is 4.73. The van der Waals surface area contributed by atoms with Gasteiger partial charge in [-0.3, -0.25) is 4.79 Å². The molecule has 1 aromatic heterocycles. The predicted molar refractivity (Wildman–Crippen MR) is 88.3 cm³/mol. The van der Waals surface area contributed by atoms with E-state index in [1.54, 1.807) is 0 Å². The molecule has 23 heavy (non-hydrogen) atoms. The summed E-state index contributed by atoms with van der Waals surface area (Å²) < 4.78 is 5.32. The van der Waals surface area contributed by atoms with E-state index < -0.39 is 0 Å². The fourth-order valence-electron chi connectivity index (χ4n) is 3.28. The first-order valence-corrected chi connectivity index (χ1v) is 8.61. The Balaban J connectivity index is 1.41. The number of hydrogen-bond acceptors (Lipinski definition) is 5. The number of anilines is 1. The molecule has 1 aromatic rings. The monoisotopic (exact) mass is 318 g/mol. The summed E-state index contributed by atoms with van der Waals surface area (Å²) in [7, 11) is 0. The van der Waals surface area contributed by atoms with Crippen LogP contribution in [0, 0.1) is 12.8 Å². The van der Waals surface area contributed by atoms with Crippen molar-refractivity contribution in [3.8, 4) is 0 Å². The molecular formula is C17H26N4O2. The highest BCUT2D eigenvalue weighted by atomic mass is 16.5. The second-order valence-corrected chi connectivity index (χ2v) is 6.65. The fourth-order valence-corrected chi connectivity index (χ4v) is 3.28. The lowest BCUT2D eigenvalue weighted by atomic mass is 9.93. The van der Waals surface area contributed by atoms with Gasteiger partial charge >= 0.3 is 0 Å². The maximum Gasteiger partial charge on any atom is 0.225 e. The molecule has 6 heteroatoms. The lowest BCUT2D eigenvalue weighted by Gasteiger charge is -2.32. The number of ether oxygens (including phenoxy) is 1. The van der Waals surface area contributed by atoms with Gasteiger partial charge in [-0.05, 0) is 44.1 Å². The smallest absolute Gasteiger partial charge is 0.225 e. The van der Waals surface area contributed by atoms with E-state index in [0.717, 1.165) is 63.5 Å². The lowest BCUT2D eigenvalue weighted by molar-refractivity contribution is -0.123.